The molecule has 3 heteroatoms. The maximum absolute atomic E-state index is 11.5. The number of hydrogen-bond acceptors (Lipinski definition) is 2. The molecule has 0 aromatic heterocycles. The van der Waals surface area contributed by atoms with Crippen molar-refractivity contribution in [1.82, 2.24) is 10.2 Å². The fraction of sp³-hybridized carbons (Fsp3) is 0.917. The molecule has 1 saturated heterocycles. The molecule has 0 aromatic carbocycles. The first-order valence-electron chi connectivity index (χ1n) is 5.96. The average Bonchev–Trinajstić information content (AvgIpc) is 2.49. The van der Waals surface area contributed by atoms with E-state index in [1.165, 1.54) is 0 Å². The summed E-state index contributed by atoms with van der Waals surface area (Å²) in [5, 5.41) is 3.48. The van der Waals surface area contributed by atoms with Gasteiger partial charge in [0.15, 0.2) is 0 Å². The molecule has 1 amide bonds. The van der Waals surface area contributed by atoms with Gasteiger partial charge in [0.1, 0.15) is 0 Å². The van der Waals surface area contributed by atoms with Crippen molar-refractivity contribution in [3.63, 3.8) is 0 Å². The maximum Gasteiger partial charge on any atom is 0.222 e. The summed E-state index contributed by atoms with van der Waals surface area (Å²) in [6, 6.07) is 0.393. The molecule has 88 valence electrons. The summed E-state index contributed by atoms with van der Waals surface area (Å²) in [7, 11) is 0. The smallest absolute Gasteiger partial charge is 0.222 e. The van der Waals surface area contributed by atoms with Crippen molar-refractivity contribution in [1.29, 1.82) is 0 Å². The van der Waals surface area contributed by atoms with Crippen molar-refractivity contribution in [3.8, 4) is 0 Å². The topological polar surface area (TPSA) is 32.3 Å². The first-order chi connectivity index (χ1) is 6.95. The third-order valence-electron chi connectivity index (χ3n) is 3.07. The molecule has 0 aliphatic carbocycles. The lowest BCUT2D eigenvalue weighted by Gasteiger charge is -2.34. The standard InChI is InChI=1S/C12H24N2O/c1-5-13-10(12(2,3)4)9-14-8-6-7-11(14)15/h10,13H,5-9H2,1-4H3. The quantitative estimate of drug-likeness (QED) is 0.768. The number of likely N-dealkylation sites (tertiary alicyclic amines) is 1. The summed E-state index contributed by atoms with van der Waals surface area (Å²) < 4.78 is 0. The van der Waals surface area contributed by atoms with E-state index in [1.807, 2.05) is 4.90 Å². The van der Waals surface area contributed by atoms with E-state index in [0.29, 0.717) is 11.9 Å². The monoisotopic (exact) mass is 212 g/mol. The van der Waals surface area contributed by atoms with Crippen molar-refractivity contribution in [2.45, 2.75) is 46.6 Å². The molecule has 1 rings (SSSR count). The van der Waals surface area contributed by atoms with Crippen LogP contribution in [0.3, 0.4) is 0 Å². The zero-order chi connectivity index (χ0) is 11.5. The number of nitrogens with zero attached hydrogens (tertiary/aromatic N) is 1. The van der Waals surface area contributed by atoms with E-state index in [2.05, 4.69) is 33.0 Å². The predicted molar refractivity (Wildman–Crippen MR) is 62.7 cm³/mol. The first-order valence-corrected chi connectivity index (χ1v) is 5.96. The van der Waals surface area contributed by atoms with Gasteiger partial charge >= 0.3 is 0 Å². The van der Waals surface area contributed by atoms with Gasteiger partial charge in [0.2, 0.25) is 5.91 Å². The van der Waals surface area contributed by atoms with Crippen LogP contribution in [-0.2, 0) is 4.79 Å². The van der Waals surface area contributed by atoms with Crippen molar-refractivity contribution < 1.29 is 4.79 Å². The summed E-state index contributed by atoms with van der Waals surface area (Å²) in [5.41, 5.74) is 0.207. The van der Waals surface area contributed by atoms with Gasteiger partial charge in [-0.05, 0) is 18.4 Å². The molecule has 3 nitrogen and oxygen atoms in total. The van der Waals surface area contributed by atoms with Crippen LogP contribution >= 0.6 is 0 Å². The van der Waals surface area contributed by atoms with E-state index in [4.69, 9.17) is 0 Å². The lowest BCUT2D eigenvalue weighted by molar-refractivity contribution is -0.128. The number of carbonyl (C=O) groups is 1. The second kappa shape index (κ2) is 4.97. The molecule has 15 heavy (non-hydrogen) atoms. The zero-order valence-electron chi connectivity index (χ0n) is 10.5. The number of hydrogen-bond donors (Lipinski definition) is 1. The molecule has 0 aromatic rings. The maximum atomic E-state index is 11.5. The van der Waals surface area contributed by atoms with Crippen LogP contribution in [0.1, 0.15) is 40.5 Å². The van der Waals surface area contributed by atoms with Crippen LogP contribution in [0.15, 0.2) is 0 Å². The Balaban J connectivity index is 2.54. The molecule has 1 fully saturated rings. The van der Waals surface area contributed by atoms with Crippen LogP contribution in [0.2, 0.25) is 0 Å². The molecule has 1 atom stereocenters. The summed E-state index contributed by atoms with van der Waals surface area (Å²) in [6.45, 7) is 11.5. The number of amides is 1. The second-order valence-electron chi connectivity index (χ2n) is 5.42. The Labute approximate surface area is 93.2 Å². The van der Waals surface area contributed by atoms with Gasteiger partial charge in [-0.1, -0.05) is 27.7 Å². The van der Waals surface area contributed by atoms with Gasteiger partial charge in [-0.15, -0.1) is 0 Å². The van der Waals surface area contributed by atoms with E-state index in [0.717, 1.165) is 32.5 Å². The van der Waals surface area contributed by atoms with Crippen LogP contribution in [-0.4, -0.2) is 36.5 Å². The largest absolute Gasteiger partial charge is 0.341 e. The number of carbonyl (C=O) groups excluding carboxylic acids is 1. The molecule has 1 unspecified atom stereocenters. The highest BCUT2D eigenvalue weighted by Gasteiger charge is 2.29. The highest BCUT2D eigenvalue weighted by Crippen LogP contribution is 2.22. The molecule has 1 aliphatic rings. The van der Waals surface area contributed by atoms with Crippen LogP contribution in [0.25, 0.3) is 0 Å². The fourth-order valence-corrected chi connectivity index (χ4v) is 2.01. The molecule has 0 bridgehead atoms. The number of likely N-dealkylation sites (N-methyl/N-ethyl adjacent to an activating group) is 1. The molecule has 0 spiro atoms. The van der Waals surface area contributed by atoms with E-state index in [1.54, 1.807) is 0 Å². The summed E-state index contributed by atoms with van der Waals surface area (Å²) in [5.74, 6) is 0.321. The van der Waals surface area contributed by atoms with Crippen LogP contribution < -0.4 is 5.32 Å². The predicted octanol–water partition coefficient (Wildman–Crippen LogP) is 1.63. The fourth-order valence-electron chi connectivity index (χ4n) is 2.01. The number of rotatable bonds is 4. The third kappa shape index (κ3) is 3.49. The van der Waals surface area contributed by atoms with Crippen molar-refractivity contribution >= 4 is 5.91 Å². The Hall–Kier alpha value is -0.570. The minimum atomic E-state index is 0.207. The molecule has 1 N–H and O–H groups in total. The van der Waals surface area contributed by atoms with E-state index in [9.17, 15) is 4.79 Å². The summed E-state index contributed by atoms with van der Waals surface area (Å²) >= 11 is 0. The van der Waals surface area contributed by atoms with Crippen LogP contribution in [0.4, 0.5) is 0 Å². The Morgan fingerprint density at radius 2 is 2.13 bits per heavy atom. The minimum Gasteiger partial charge on any atom is -0.341 e. The summed E-state index contributed by atoms with van der Waals surface area (Å²) in [6.07, 6.45) is 1.77. The normalized spacial score (nSPS) is 19.7. The number of nitrogens with one attached hydrogen (secondary N) is 1. The molecule has 0 radical (unpaired) electrons. The average molecular weight is 212 g/mol. The van der Waals surface area contributed by atoms with Gasteiger partial charge in [-0.25, -0.2) is 0 Å². The Bertz CT molecular complexity index is 220. The van der Waals surface area contributed by atoms with E-state index < -0.39 is 0 Å². The van der Waals surface area contributed by atoms with Crippen molar-refractivity contribution in [2.24, 2.45) is 5.41 Å². The zero-order valence-corrected chi connectivity index (χ0v) is 10.5. The van der Waals surface area contributed by atoms with E-state index in [-0.39, 0.29) is 5.41 Å². The van der Waals surface area contributed by atoms with Crippen molar-refractivity contribution in [2.75, 3.05) is 19.6 Å². The molecule has 1 heterocycles. The molecule has 0 saturated carbocycles. The minimum absolute atomic E-state index is 0.207. The Morgan fingerprint density at radius 1 is 1.47 bits per heavy atom. The van der Waals surface area contributed by atoms with Gasteiger partial charge in [-0.2, -0.15) is 0 Å². The van der Waals surface area contributed by atoms with Gasteiger partial charge in [-0.3, -0.25) is 4.79 Å². The van der Waals surface area contributed by atoms with Gasteiger partial charge in [0.25, 0.3) is 0 Å². The molecular weight excluding hydrogens is 188 g/mol. The Kier molecular flexibility index (Phi) is 4.14. The SMILES string of the molecule is CCNC(CN1CCCC1=O)C(C)(C)C. The molecule has 1 aliphatic heterocycles. The van der Waals surface area contributed by atoms with Gasteiger partial charge < -0.3 is 10.2 Å². The van der Waals surface area contributed by atoms with Gasteiger partial charge in [0, 0.05) is 25.6 Å². The van der Waals surface area contributed by atoms with Crippen LogP contribution in [0.5, 0.6) is 0 Å². The Morgan fingerprint density at radius 3 is 2.53 bits per heavy atom. The van der Waals surface area contributed by atoms with Crippen LogP contribution in [0, 0.1) is 5.41 Å². The highest BCUT2D eigenvalue weighted by molar-refractivity contribution is 5.78. The van der Waals surface area contributed by atoms with E-state index >= 15 is 0 Å². The summed E-state index contributed by atoms with van der Waals surface area (Å²) in [4.78, 5) is 13.5. The molecular formula is C12H24N2O. The third-order valence-corrected chi connectivity index (χ3v) is 3.07. The first kappa shape index (κ1) is 12.5. The lowest BCUT2D eigenvalue weighted by atomic mass is 9.86. The van der Waals surface area contributed by atoms with Gasteiger partial charge in [0.05, 0.1) is 0 Å². The second-order valence-corrected chi connectivity index (χ2v) is 5.42. The lowest BCUT2D eigenvalue weighted by Crippen LogP contribution is -2.48. The van der Waals surface area contributed by atoms with Crippen molar-refractivity contribution in [3.05, 3.63) is 0 Å². The highest BCUT2D eigenvalue weighted by atomic mass is 16.2.